The molecule has 3 nitrogen and oxygen atoms in total. The number of benzene rings is 1. The first-order valence-electron chi connectivity index (χ1n) is 4.51. The average molecular weight is 225 g/mol. The van der Waals surface area contributed by atoms with Crippen molar-refractivity contribution in [2.75, 3.05) is 0 Å². The monoisotopic (exact) mass is 224 g/mol. The Balaban J connectivity index is 0.00000112. The predicted octanol–water partition coefficient (Wildman–Crippen LogP) is 2.53. The van der Waals surface area contributed by atoms with E-state index in [-0.39, 0.29) is 12.4 Å². The third kappa shape index (κ3) is 2.58. The van der Waals surface area contributed by atoms with Gasteiger partial charge in [0.05, 0.1) is 5.69 Å². The Morgan fingerprint density at radius 3 is 2.80 bits per heavy atom. The van der Waals surface area contributed by atoms with Crippen molar-refractivity contribution in [2.45, 2.75) is 13.5 Å². The molecule has 2 rings (SSSR count). The van der Waals surface area contributed by atoms with E-state index in [1.807, 2.05) is 31.2 Å². The molecule has 0 amide bonds. The molecule has 15 heavy (non-hydrogen) atoms. The van der Waals surface area contributed by atoms with Crippen LogP contribution < -0.4 is 5.73 Å². The molecule has 2 aromatic rings. The maximum Gasteiger partial charge on any atom is 0.226 e. The summed E-state index contributed by atoms with van der Waals surface area (Å²) in [7, 11) is 0. The molecule has 1 aromatic carbocycles. The number of halogens is 1. The molecule has 0 saturated heterocycles. The van der Waals surface area contributed by atoms with Gasteiger partial charge >= 0.3 is 0 Å². The molecule has 0 atom stereocenters. The summed E-state index contributed by atoms with van der Waals surface area (Å²) < 4.78 is 5.31. The fourth-order valence-corrected chi connectivity index (χ4v) is 1.31. The zero-order valence-electron chi connectivity index (χ0n) is 8.43. The third-order valence-corrected chi connectivity index (χ3v) is 2.03. The van der Waals surface area contributed by atoms with Crippen molar-refractivity contribution in [3.05, 3.63) is 41.8 Å². The lowest BCUT2D eigenvalue weighted by molar-refractivity contribution is 0.572. The maximum absolute atomic E-state index is 5.45. The van der Waals surface area contributed by atoms with Gasteiger partial charge in [0.1, 0.15) is 6.26 Å². The largest absolute Gasteiger partial charge is 0.444 e. The predicted molar refractivity (Wildman–Crippen MR) is 61.8 cm³/mol. The summed E-state index contributed by atoms with van der Waals surface area (Å²) in [4.78, 5) is 4.25. The van der Waals surface area contributed by atoms with Crippen LogP contribution in [-0.4, -0.2) is 4.98 Å². The minimum Gasteiger partial charge on any atom is -0.444 e. The molecule has 0 aliphatic rings. The van der Waals surface area contributed by atoms with Crippen molar-refractivity contribution in [3.63, 3.8) is 0 Å². The summed E-state index contributed by atoms with van der Waals surface area (Å²) >= 11 is 0. The lowest BCUT2D eigenvalue weighted by Gasteiger charge is -1.95. The van der Waals surface area contributed by atoms with Crippen LogP contribution in [0.5, 0.6) is 0 Å². The van der Waals surface area contributed by atoms with Crippen molar-refractivity contribution in [1.29, 1.82) is 0 Å². The van der Waals surface area contributed by atoms with E-state index in [9.17, 15) is 0 Å². The van der Waals surface area contributed by atoms with Crippen molar-refractivity contribution in [1.82, 2.24) is 4.98 Å². The van der Waals surface area contributed by atoms with E-state index in [1.54, 1.807) is 6.26 Å². The topological polar surface area (TPSA) is 52.0 Å². The highest BCUT2D eigenvalue weighted by molar-refractivity contribution is 5.85. The summed E-state index contributed by atoms with van der Waals surface area (Å²) in [5.74, 6) is 0.633. The van der Waals surface area contributed by atoms with Gasteiger partial charge in [0.2, 0.25) is 5.89 Å². The van der Waals surface area contributed by atoms with Crippen LogP contribution in [-0.2, 0) is 6.54 Å². The van der Waals surface area contributed by atoms with Crippen LogP contribution in [0.15, 0.2) is 34.9 Å². The quantitative estimate of drug-likeness (QED) is 0.853. The number of hydrogen-bond acceptors (Lipinski definition) is 3. The van der Waals surface area contributed by atoms with Crippen molar-refractivity contribution in [2.24, 2.45) is 5.73 Å². The highest BCUT2D eigenvalue weighted by atomic mass is 35.5. The molecule has 0 fully saturated rings. The van der Waals surface area contributed by atoms with Crippen LogP contribution >= 0.6 is 12.4 Å². The Kier molecular flexibility index (Phi) is 3.88. The molecular weight excluding hydrogens is 212 g/mol. The Labute approximate surface area is 94.7 Å². The summed E-state index contributed by atoms with van der Waals surface area (Å²) in [5.41, 5.74) is 8.41. The van der Waals surface area contributed by atoms with Gasteiger partial charge < -0.3 is 10.2 Å². The minimum absolute atomic E-state index is 0. The molecule has 0 aliphatic heterocycles. The van der Waals surface area contributed by atoms with Gasteiger partial charge in [0.25, 0.3) is 0 Å². The standard InChI is InChI=1S/C11H12N2O.ClH/c1-8-3-2-4-9(5-8)11-13-10(6-12)7-14-11;/h2-5,7H,6,12H2,1H3;1H. The lowest BCUT2D eigenvalue weighted by Crippen LogP contribution is -1.95. The van der Waals surface area contributed by atoms with Crippen LogP contribution in [0.25, 0.3) is 11.5 Å². The molecule has 2 N–H and O–H groups in total. The van der Waals surface area contributed by atoms with Crippen molar-refractivity contribution >= 4 is 12.4 Å². The molecule has 1 aromatic heterocycles. The highest BCUT2D eigenvalue weighted by Gasteiger charge is 2.04. The summed E-state index contributed by atoms with van der Waals surface area (Å²) in [5, 5.41) is 0. The zero-order valence-corrected chi connectivity index (χ0v) is 9.25. The number of oxazole rings is 1. The van der Waals surface area contributed by atoms with Crippen LogP contribution in [0.1, 0.15) is 11.3 Å². The number of nitrogens with zero attached hydrogens (tertiary/aromatic N) is 1. The van der Waals surface area contributed by atoms with Crippen LogP contribution in [0, 0.1) is 6.92 Å². The smallest absolute Gasteiger partial charge is 0.226 e. The Morgan fingerprint density at radius 1 is 1.40 bits per heavy atom. The molecule has 0 unspecified atom stereocenters. The van der Waals surface area contributed by atoms with E-state index in [2.05, 4.69) is 4.98 Å². The number of aryl methyl sites for hydroxylation is 1. The molecule has 0 bridgehead atoms. The maximum atomic E-state index is 5.45. The third-order valence-electron chi connectivity index (χ3n) is 2.03. The number of rotatable bonds is 2. The van der Waals surface area contributed by atoms with E-state index in [4.69, 9.17) is 10.2 Å². The lowest BCUT2D eigenvalue weighted by atomic mass is 10.1. The minimum atomic E-state index is 0. The van der Waals surface area contributed by atoms with E-state index in [1.165, 1.54) is 5.56 Å². The second-order valence-corrected chi connectivity index (χ2v) is 3.22. The molecule has 0 saturated carbocycles. The molecule has 4 heteroatoms. The van der Waals surface area contributed by atoms with Crippen molar-refractivity contribution in [3.8, 4) is 11.5 Å². The Hall–Kier alpha value is -1.32. The summed E-state index contributed by atoms with van der Waals surface area (Å²) in [6, 6.07) is 8.03. The normalized spacial score (nSPS) is 9.73. The van der Waals surface area contributed by atoms with E-state index in [0.717, 1.165) is 11.3 Å². The fourth-order valence-electron chi connectivity index (χ4n) is 1.31. The average Bonchev–Trinajstić information content (AvgIpc) is 2.66. The van der Waals surface area contributed by atoms with E-state index < -0.39 is 0 Å². The SMILES string of the molecule is Cc1cccc(-c2nc(CN)co2)c1.Cl. The number of hydrogen-bond donors (Lipinski definition) is 1. The Bertz CT molecular complexity index is 440. The first kappa shape index (κ1) is 11.8. The highest BCUT2D eigenvalue weighted by Crippen LogP contribution is 2.19. The Morgan fingerprint density at radius 2 is 2.20 bits per heavy atom. The first-order chi connectivity index (χ1) is 6.79. The number of nitrogens with two attached hydrogens (primary N) is 1. The zero-order chi connectivity index (χ0) is 9.97. The second-order valence-electron chi connectivity index (χ2n) is 3.22. The molecular formula is C11H13ClN2O. The van der Waals surface area contributed by atoms with Crippen LogP contribution in [0.2, 0.25) is 0 Å². The van der Waals surface area contributed by atoms with Gasteiger partial charge in [-0.25, -0.2) is 4.98 Å². The van der Waals surface area contributed by atoms with Gasteiger partial charge in [-0.1, -0.05) is 17.7 Å². The number of aromatic nitrogens is 1. The molecule has 0 spiro atoms. The fraction of sp³-hybridized carbons (Fsp3) is 0.182. The van der Waals surface area contributed by atoms with Gasteiger partial charge in [-0.15, -0.1) is 12.4 Å². The van der Waals surface area contributed by atoms with Crippen LogP contribution in [0.3, 0.4) is 0 Å². The second kappa shape index (κ2) is 4.96. The summed E-state index contributed by atoms with van der Waals surface area (Å²) in [6.45, 7) is 2.45. The van der Waals surface area contributed by atoms with E-state index >= 15 is 0 Å². The molecule has 0 aliphatic carbocycles. The van der Waals surface area contributed by atoms with Gasteiger partial charge in [0.15, 0.2) is 0 Å². The van der Waals surface area contributed by atoms with Crippen LogP contribution in [0.4, 0.5) is 0 Å². The van der Waals surface area contributed by atoms with E-state index in [0.29, 0.717) is 12.4 Å². The van der Waals surface area contributed by atoms with Gasteiger partial charge in [-0.3, -0.25) is 0 Å². The first-order valence-corrected chi connectivity index (χ1v) is 4.51. The molecule has 1 heterocycles. The van der Waals surface area contributed by atoms with Gasteiger partial charge in [-0.2, -0.15) is 0 Å². The van der Waals surface area contributed by atoms with Gasteiger partial charge in [0, 0.05) is 12.1 Å². The van der Waals surface area contributed by atoms with Crippen molar-refractivity contribution < 1.29 is 4.42 Å². The molecule has 0 radical (unpaired) electrons. The van der Waals surface area contributed by atoms with Gasteiger partial charge in [-0.05, 0) is 19.1 Å². The molecule has 80 valence electrons. The summed E-state index contributed by atoms with van der Waals surface area (Å²) in [6.07, 6.45) is 1.59.